The first kappa shape index (κ1) is 14.8. The molecule has 0 unspecified atom stereocenters. The first-order chi connectivity index (χ1) is 10.1. The molecule has 0 heterocycles. The molecular weight excluding hydrogens is 271 g/mol. The zero-order valence-electron chi connectivity index (χ0n) is 11.9. The van der Waals surface area contributed by atoms with Gasteiger partial charge in [-0.1, -0.05) is 12.1 Å². The standard InChI is InChI=1S/C16H17FN2O2/c1-11(20)19-13-5-3-12(4-6-13)10-18-16-9-14(21-2)7-8-15(16)17/h3-9,18H,10H2,1-2H3,(H,19,20). The number of nitrogens with one attached hydrogen (secondary N) is 2. The van der Waals surface area contributed by atoms with Gasteiger partial charge in [-0.2, -0.15) is 0 Å². The summed E-state index contributed by atoms with van der Waals surface area (Å²) in [6, 6.07) is 11.9. The zero-order valence-corrected chi connectivity index (χ0v) is 11.9. The largest absolute Gasteiger partial charge is 0.497 e. The molecule has 0 aliphatic rings. The number of amides is 1. The lowest BCUT2D eigenvalue weighted by molar-refractivity contribution is -0.114. The molecule has 2 rings (SSSR count). The maximum absolute atomic E-state index is 13.7. The number of carbonyl (C=O) groups is 1. The highest BCUT2D eigenvalue weighted by atomic mass is 19.1. The highest BCUT2D eigenvalue weighted by Crippen LogP contribution is 2.21. The molecule has 0 aliphatic heterocycles. The average Bonchev–Trinajstić information content (AvgIpc) is 2.47. The smallest absolute Gasteiger partial charge is 0.221 e. The van der Waals surface area contributed by atoms with Gasteiger partial charge in [-0.3, -0.25) is 4.79 Å². The Morgan fingerprint density at radius 3 is 2.52 bits per heavy atom. The Balaban J connectivity index is 2.01. The maximum atomic E-state index is 13.7. The number of rotatable bonds is 5. The van der Waals surface area contributed by atoms with Crippen molar-refractivity contribution in [1.82, 2.24) is 0 Å². The minimum Gasteiger partial charge on any atom is -0.497 e. The molecule has 21 heavy (non-hydrogen) atoms. The van der Waals surface area contributed by atoms with Crippen molar-refractivity contribution >= 4 is 17.3 Å². The maximum Gasteiger partial charge on any atom is 0.221 e. The molecule has 0 bridgehead atoms. The molecule has 0 fully saturated rings. The van der Waals surface area contributed by atoms with Crippen molar-refractivity contribution in [2.75, 3.05) is 17.7 Å². The van der Waals surface area contributed by atoms with Crippen LogP contribution in [0.25, 0.3) is 0 Å². The minimum absolute atomic E-state index is 0.112. The van der Waals surface area contributed by atoms with Crippen LogP contribution in [-0.4, -0.2) is 13.0 Å². The van der Waals surface area contributed by atoms with Crippen LogP contribution in [-0.2, 0) is 11.3 Å². The van der Waals surface area contributed by atoms with Gasteiger partial charge in [0.2, 0.25) is 5.91 Å². The van der Waals surface area contributed by atoms with Crippen LogP contribution in [0, 0.1) is 5.82 Å². The van der Waals surface area contributed by atoms with Crippen LogP contribution in [0.3, 0.4) is 0 Å². The van der Waals surface area contributed by atoms with Crippen LogP contribution in [0.2, 0.25) is 0 Å². The van der Waals surface area contributed by atoms with Gasteiger partial charge in [0.05, 0.1) is 12.8 Å². The molecule has 2 N–H and O–H groups in total. The van der Waals surface area contributed by atoms with Gasteiger partial charge >= 0.3 is 0 Å². The van der Waals surface area contributed by atoms with Gasteiger partial charge in [-0.25, -0.2) is 4.39 Å². The van der Waals surface area contributed by atoms with Gasteiger partial charge in [0, 0.05) is 25.2 Å². The zero-order chi connectivity index (χ0) is 15.2. The van der Waals surface area contributed by atoms with E-state index in [2.05, 4.69) is 10.6 Å². The van der Waals surface area contributed by atoms with Crippen molar-refractivity contribution in [3.8, 4) is 5.75 Å². The van der Waals surface area contributed by atoms with E-state index in [0.717, 1.165) is 11.3 Å². The predicted octanol–water partition coefficient (Wildman–Crippen LogP) is 3.40. The average molecular weight is 288 g/mol. The molecule has 0 spiro atoms. The summed E-state index contributed by atoms with van der Waals surface area (Å²) < 4.78 is 18.7. The summed E-state index contributed by atoms with van der Waals surface area (Å²) in [5.41, 5.74) is 2.10. The summed E-state index contributed by atoms with van der Waals surface area (Å²) in [5.74, 6) is 0.157. The van der Waals surface area contributed by atoms with Gasteiger partial charge in [0.25, 0.3) is 0 Å². The van der Waals surface area contributed by atoms with E-state index >= 15 is 0 Å². The number of hydrogen-bond acceptors (Lipinski definition) is 3. The van der Waals surface area contributed by atoms with Crippen LogP contribution in [0.4, 0.5) is 15.8 Å². The van der Waals surface area contributed by atoms with E-state index in [-0.39, 0.29) is 11.7 Å². The fraction of sp³-hybridized carbons (Fsp3) is 0.188. The van der Waals surface area contributed by atoms with Crippen LogP contribution >= 0.6 is 0 Å². The van der Waals surface area contributed by atoms with E-state index in [1.54, 1.807) is 24.3 Å². The van der Waals surface area contributed by atoms with Gasteiger partial charge in [0.1, 0.15) is 11.6 Å². The molecule has 0 aliphatic carbocycles. The normalized spacial score (nSPS) is 10.0. The first-order valence-corrected chi connectivity index (χ1v) is 6.52. The summed E-state index contributed by atoms with van der Waals surface area (Å²) in [4.78, 5) is 10.9. The first-order valence-electron chi connectivity index (χ1n) is 6.52. The minimum atomic E-state index is -0.328. The number of benzene rings is 2. The molecule has 2 aromatic carbocycles. The molecule has 110 valence electrons. The Morgan fingerprint density at radius 1 is 1.19 bits per heavy atom. The van der Waals surface area contributed by atoms with Crippen molar-refractivity contribution in [2.45, 2.75) is 13.5 Å². The van der Waals surface area contributed by atoms with Crippen molar-refractivity contribution in [1.29, 1.82) is 0 Å². The predicted molar refractivity (Wildman–Crippen MR) is 81.0 cm³/mol. The molecule has 2 aromatic rings. The Kier molecular flexibility index (Phi) is 4.77. The highest BCUT2D eigenvalue weighted by Gasteiger charge is 2.04. The van der Waals surface area contributed by atoms with Gasteiger partial charge in [-0.15, -0.1) is 0 Å². The lowest BCUT2D eigenvalue weighted by Gasteiger charge is -2.10. The van der Waals surface area contributed by atoms with Crippen molar-refractivity contribution in [2.24, 2.45) is 0 Å². The summed E-state index contributed by atoms with van der Waals surface area (Å²) in [6.07, 6.45) is 0. The fourth-order valence-corrected chi connectivity index (χ4v) is 1.87. The molecule has 1 amide bonds. The number of hydrogen-bond donors (Lipinski definition) is 2. The van der Waals surface area contributed by atoms with E-state index < -0.39 is 0 Å². The molecule has 0 saturated heterocycles. The Labute approximate surface area is 122 Å². The van der Waals surface area contributed by atoms with E-state index in [0.29, 0.717) is 18.0 Å². The molecule has 0 saturated carbocycles. The van der Waals surface area contributed by atoms with Crippen LogP contribution in [0.15, 0.2) is 42.5 Å². The van der Waals surface area contributed by atoms with E-state index in [4.69, 9.17) is 4.74 Å². The molecule has 0 atom stereocenters. The topological polar surface area (TPSA) is 50.4 Å². The number of ether oxygens (including phenoxy) is 1. The number of halogens is 1. The highest BCUT2D eigenvalue weighted by molar-refractivity contribution is 5.88. The summed E-state index contributed by atoms with van der Waals surface area (Å²) in [6.45, 7) is 1.94. The van der Waals surface area contributed by atoms with Gasteiger partial charge in [-0.05, 0) is 29.8 Å². The molecule has 0 radical (unpaired) electrons. The van der Waals surface area contributed by atoms with E-state index in [1.807, 2.05) is 12.1 Å². The lowest BCUT2D eigenvalue weighted by atomic mass is 10.2. The van der Waals surface area contributed by atoms with Crippen molar-refractivity contribution in [3.63, 3.8) is 0 Å². The van der Waals surface area contributed by atoms with E-state index in [9.17, 15) is 9.18 Å². The number of methoxy groups -OCH3 is 1. The molecular formula is C16H17FN2O2. The third-order valence-corrected chi connectivity index (χ3v) is 2.93. The molecule has 5 heteroatoms. The lowest BCUT2D eigenvalue weighted by Crippen LogP contribution is -2.06. The van der Waals surface area contributed by atoms with Crippen LogP contribution < -0.4 is 15.4 Å². The number of carbonyl (C=O) groups excluding carboxylic acids is 1. The summed E-state index contributed by atoms with van der Waals surface area (Å²) in [7, 11) is 1.54. The van der Waals surface area contributed by atoms with Crippen molar-refractivity contribution in [3.05, 3.63) is 53.8 Å². The Hall–Kier alpha value is -2.56. The summed E-state index contributed by atoms with van der Waals surface area (Å²) in [5, 5.41) is 5.72. The third kappa shape index (κ3) is 4.21. The van der Waals surface area contributed by atoms with Crippen LogP contribution in [0.5, 0.6) is 5.75 Å². The fourth-order valence-electron chi connectivity index (χ4n) is 1.87. The second-order valence-corrected chi connectivity index (χ2v) is 4.58. The Bertz CT molecular complexity index is 627. The van der Waals surface area contributed by atoms with Gasteiger partial charge < -0.3 is 15.4 Å². The van der Waals surface area contributed by atoms with E-state index in [1.165, 1.54) is 20.1 Å². The van der Waals surface area contributed by atoms with Crippen LogP contribution in [0.1, 0.15) is 12.5 Å². The third-order valence-electron chi connectivity index (χ3n) is 2.93. The SMILES string of the molecule is COc1ccc(F)c(NCc2ccc(NC(C)=O)cc2)c1. The monoisotopic (exact) mass is 288 g/mol. The summed E-state index contributed by atoms with van der Waals surface area (Å²) >= 11 is 0. The van der Waals surface area contributed by atoms with Gasteiger partial charge in [0.15, 0.2) is 0 Å². The second kappa shape index (κ2) is 6.74. The quantitative estimate of drug-likeness (QED) is 0.886. The molecule has 0 aromatic heterocycles. The second-order valence-electron chi connectivity index (χ2n) is 4.58. The molecule has 4 nitrogen and oxygen atoms in total. The van der Waals surface area contributed by atoms with Crippen molar-refractivity contribution < 1.29 is 13.9 Å². The Morgan fingerprint density at radius 2 is 1.90 bits per heavy atom. The number of anilines is 2.